The Morgan fingerprint density at radius 2 is 2.22 bits per heavy atom. The molecule has 13 nitrogen and oxygen atoms in total. The topological polar surface area (TPSA) is 173 Å². The van der Waals surface area contributed by atoms with Crippen molar-refractivity contribution in [2.75, 3.05) is 11.5 Å². The minimum atomic E-state index is -1.37. The van der Waals surface area contributed by atoms with E-state index in [1.54, 1.807) is 0 Å². The van der Waals surface area contributed by atoms with Crippen molar-refractivity contribution in [2.24, 2.45) is 5.16 Å². The number of hydrogen-bond donors (Lipinski definition) is 3. The Labute approximate surface area is 246 Å². The van der Waals surface area contributed by atoms with Crippen LogP contribution in [0.3, 0.4) is 0 Å². The number of carboxylic acids is 1. The van der Waals surface area contributed by atoms with Crippen molar-refractivity contribution in [3.8, 4) is 0 Å². The van der Waals surface area contributed by atoms with Crippen LogP contribution in [-0.4, -0.2) is 72.6 Å². The molecular weight excluding hydrogens is 594 g/mol. The van der Waals surface area contributed by atoms with E-state index in [2.05, 4.69) is 26.9 Å². The number of pyridine rings is 1. The van der Waals surface area contributed by atoms with Gasteiger partial charge in [0.25, 0.3) is 11.8 Å². The number of allylic oxidation sites excluding steroid dienone is 1. The molecule has 2 unspecified atom stereocenters. The molecule has 2 aliphatic heterocycles. The molecule has 0 bridgehead atoms. The lowest BCUT2D eigenvalue weighted by Gasteiger charge is -2.49. The molecule has 3 aromatic heterocycles. The van der Waals surface area contributed by atoms with Gasteiger partial charge in [-0.1, -0.05) is 28.1 Å². The molecule has 1 saturated heterocycles. The van der Waals surface area contributed by atoms with Crippen molar-refractivity contribution in [1.82, 2.24) is 19.8 Å². The van der Waals surface area contributed by atoms with Gasteiger partial charge in [0.2, 0.25) is 11.6 Å². The third-order valence-electron chi connectivity index (χ3n) is 6.70. The number of thioether (sulfide) groups is 1. The molecule has 4 N–H and O–H groups in total. The molecule has 2 aliphatic rings. The van der Waals surface area contributed by atoms with Gasteiger partial charge in [0.15, 0.2) is 29.9 Å². The largest absolute Gasteiger partial charge is 0.478 e. The molecule has 3 aromatic rings. The maximum absolute atomic E-state index is 13.2. The Balaban J connectivity index is 1.36. The summed E-state index contributed by atoms with van der Waals surface area (Å²) in [6.07, 6.45) is 3.23. The van der Waals surface area contributed by atoms with Gasteiger partial charge in [0, 0.05) is 36.2 Å². The molecule has 3 atom stereocenters. The molecule has 0 radical (unpaired) electrons. The van der Waals surface area contributed by atoms with Crippen LogP contribution in [0.5, 0.6) is 0 Å². The monoisotopic (exact) mass is 618 g/mol. The van der Waals surface area contributed by atoms with Gasteiger partial charge in [0.05, 0.1) is 5.70 Å². The van der Waals surface area contributed by atoms with Gasteiger partial charge < -0.3 is 25.6 Å². The first-order valence-electron chi connectivity index (χ1n) is 12.4. The summed E-state index contributed by atoms with van der Waals surface area (Å²) in [6, 6.07) is 5.01. The summed E-state index contributed by atoms with van der Waals surface area (Å²) in [5, 5.41) is 14.9. The van der Waals surface area contributed by atoms with Gasteiger partial charge >= 0.3 is 5.97 Å². The average Bonchev–Trinajstić information content (AvgIpc) is 3.53. The van der Waals surface area contributed by atoms with Crippen molar-refractivity contribution in [3.05, 3.63) is 51.9 Å². The number of halogens is 1. The highest BCUT2D eigenvalue weighted by atomic mass is 35.5. The lowest BCUT2D eigenvalue weighted by Crippen LogP contribution is -2.70. The zero-order valence-corrected chi connectivity index (χ0v) is 24.2. The van der Waals surface area contributed by atoms with E-state index in [0.717, 1.165) is 34.5 Å². The number of aromatic nitrogens is 3. The second-order valence-electron chi connectivity index (χ2n) is 9.18. The number of oxime groups is 1. The maximum Gasteiger partial charge on any atom is 0.347 e. The number of carbonyl (C=O) groups excluding carboxylic acids is 3. The highest BCUT2D eigenvalue weighted by Crippen LogP contribution is 2.40. The van der Waals surface area contributed by atoms with E-state index in [9.17, 15) is 19.2 Å². The molecule has 0 saturated carbocycles. The zero-order valence-electron chi connectivity index (χ0n) is 21.8. The Bertz CT molecular complexity index is 1630. The number of fused-ring (bicyclic) bond motifs is 2. The number of β-lactam (4-membered cyclic amide) rings is 1. The van der Waals surface area contributed by atoms with Crippen molar-refractivity contribution >= 4 is 80.6 Å². The van der Waals surface area contributed by atoms with Crippen molar-refractivity contribution in [2.45, 2.75) is 44.5 Å². The van der Waals surface area contributed by atoms with Gasteiger partial charge in [0.1, 0.15) is 27.0 Å². The fourth-order valence-corrected chi connectivity index (χ4v) is 6.88. The molecule has 0 aromatic carbocycles. The van der Waals surface area contributed by atoms with E-state index in [1.165, 1.54) is 23.6 Å². The van der Waals surface area contributed by atoms with E-state index in [1.807, 2.05) is 35.2 Å². The number of aliphatic carboxylic acids is 1. The molecular formula is C25H25ClN7O6S2+. The van der Waals surface area contributed by atoms with E-state index < -0.39 is 41.0 Å². The Morgan fingerprint density at radius 3 is 2.88 bits per heavy atom. The van der Waals surface area contributed by atoms with Crippen molar-refractivity contribution in [1.29, 1.82) is 0 Å². The Kier molecular flexibility index (Phi) is 8.02. The van der Waals surface area contributed by atoms with Crippen LogP contribution in [0.1, 0.15) is 19.5 Å². The zero-order chi connectivity index (χ0) is 29.4. The Morgan fingerprint density at radius 1 is 1.44 bits per heavy atom. The van der Waals surface area contributed by atoms with E-state index in [0.29, 0.717) is 18.6 Å². The number of aryl methyl sites for hydroxylation is 1. The van der Waals surface area contributed by atoms with Crippen molar-refractivity contribution in [3.63, 3.8) is 0 Å². The van der Waals surface area contributed by atoms with E-state index in [4.69, 9.17) is 27.3 Å². The van der Waals surface area contributed by atoms with Crippen LogP contribution in [0.25, 0.3) is 11.0 Å². The maximum atomic E-state index is 13.2. The van der Waals surface area contributed by atoms with Gasteiger partial charge in [-0.3, -0.25) is 19.3 Å². The minimum absolute atomic E-state index is 0.0363. The quantitative estimate of drug-likeness (QED) is 0.0997. The minimum Gasteiger partial charge on any atom is -0.478 e. The third-order valence-corrected chi connectivity index (χ3v) is 9.12. The smallest absolute Gasteiger partial charge is 0.347 e. The molecule has 0 aliphatic carbocycles. The number of nitrogen functional groups attached to an aromatic ring is 1. The second kappa shape index (κ2) is 11.5. The number of carboxylic acid groups (broad SMARTS) is 1. The highest BCUT2D eigenvalue weighted by molar-refractivity contribution is 8.00. The van der Waals surface area contributed by atoms with E-state index in [-0.39, 0.29) is 20.9 Å². The number of carbonyl (C=O) groups is 4. The van der Waals surface area contributed by atoms with Crippen LogP contribution < -0.4 is 15.6 Å². The van der Waals surface area contributed by atoms with Gasteiger partial charge in [-0.2, -0.15) is 4.57 Å². The number of amides is 2. The number of nitrogens with two attached hydrogens (primary N) is 1. The second-order valence-corrected chi connectivity index (χ2v) is 11.9. The number of nitrogens with one attached hydrogen (secondary N) is 1. The standard InChI is InChI=1S/C25H24ClN7O6S2/c1-3-31-8-6-15-14(31)5-4-7-32(15)9-13-11-40-23-19(22(36)33(23)16(13)10-34)28-21(35)18(30-39-12(2)24(37)38)17-20(26)41-25(27)29-17/h4-8,10,12,19,23H,3,9,11H2,1-2H3,(H3-,27,28,29,35,37,38)/p+1/b30-18-/t12-,19?,23?/m0/s1. The van der Waals surface area contributed by atoms with Gasteiger partial charge in [-0.15, -0.1) is 11.8 Å². The lowest BCUT2D eigenvalue weighted by molar-refractivity contribution is -0.663. The predicted molar refractivity (Wildman–Crippen MR) is 152 cm³/mol. The van der Waals surface area contributed by atoms with Crippen LogP contribution in [0.2, 0.25) is 4.34 Å². The van der Waals surface area contributed by atoms with Crippen LogP contribution >= 0.6 is 34.7 Å². The summed E-state index contributed by atoms with van der Waals surface area (Å²) in [5.74, 6) is -2.18. The molecule has 5 rings (SSSR count). The van der Waals surface area contributed by atoms with E-state index >= 15 is 0 Å². The molecule has 0 spiro atoms. The summed E-state index contributed by atoms with van der Waals surface area (Å²) in [4.78, 5) is 60.2. The average molecular weight is 619 g/mol. The molecule has 1 fully saturated rings. The predicted octanol–water partition coefficient (Wildman–Crippen LogP) is 1.39. The number of nitrogens with zero attached hydrogens (tertiary/aromatic N) is 5. The Hall–Kier alpha value is -3.95. The van der Waals surface area contributed by atoms with Gasteiger partial charge in [-0.25, -0.2) is 9.78 Å². The molecule has 5 heterocycles. The fourth-order valence-electron chi connectivity index (χ4n) is 4.60. The SMILES string of the molecule is CCn1ccc2c1ccc[n+]2CC1=C(C=O)N2C(=O)C(NC(=O)/C(=N\O[C@@H](C)C(=O)O)c3nc(N)sc3Cl)C2SC1. The molecule has 214 valence electrons. The first-order chi connectivity index (χ1) is 19.6. The number of aldehydes is 1. The normalized spacial score (nSPS) is 19.5. The number of anilines is 1. The van der Waals surface area contributed by atoms with Crippen LogP contribution in [0.15, 0.2) is 47.0 Å². The summed E-state index contributed by atoms with van der Waals surface area (Å²) in [6.45, 7) is 4.53. The number of thiazole rings is 1. The third kappa shape index (κ3) is 5.27. The van der Waals surface area contributed by atoms with Crippen LogP contribution in [-0.2, 0) is 37.1 Å². The summed E-state index contributed by atoms with van der Waals surface area (Å²) in [5.41, 5.74) is 8.28. The molecule has 16 heteroatoms. The number of hydrogen-bond acceptors (Lipinski definition) is 10. The summed E-state index contributed by atoms with van der Waals surface area (Å²) >= 11 is 8.47. The number of rotatable bonds is 10. The first kappa shape index (κ1) is 28.6. The summed E-state index contributed by atoms with van der Waals surface area (Å²) < 4.78 is 4.19. The molecule has 41 heavy (non-hydrogen) atoms. The molecule has 2 amide bonds. The lowest BCUT2D eigenvalue weighted by atomic mass is 10.0. The highest BCUT2D eigenvalue weighted by Gasteiger charge is 2.53. The first-order valence-corrected chi connectivity index (χ1v) is 14.7. The van der Waals surface area contributed by atoms with Crippen molar-refractivity contribution < 1.29 is 33.7 Å². The fraction of sp³-hybridized carbons (Fsp3) is 0.320. The van der Waals surface area contributed by atoms with Crippen LogP contribution in [0, 0.1) is 0 Å². The van der Waals surface area contributed by atoms with Crippen LogP contribution in [0.4, 0.5) is 5.13 Å². The van der Waals surface area contributed by atoms with Gasteiger partial charge in [-0.05, 0) is 19.9 Å². The summed E-state index contributed by atoms with van der Waals surface area (Å²) in [7, 11) is 0.